The van der Waals surface area contributed by atoms with Gasteiger partial charge < -0.3 is 24.6 Å². The molecule has 2 atom stereocenters. The van der Waals surface area contributed by atoms with Gasteiger partial charge in [-0.15, -0.1) is 0 Å². The highest BCUT2D eigenvalue weighted by Crippen LogP contribution is 2.29. The van der Waals surface area contributed by atoms with Crippen molar-refractivity contribution in [2.24, 2.45) is 16.8 Å². The van der Waals surface area contributed by atoms with Gasteiger partial charge in [0.2, 0.25) is 0 Å². The summed E-state index contributed by atoms with van der Waals surface area (Å²) in [6, 6.07) is 14.3. The Bertz CT molecular complexity index is 1160. The Morgan fingerprint density at radius 3 is 2.38 bits per heavy atom. The van der Waals surface area contributed by atoms with E-state index in [9.17, 15) is 4.79 Å². The highest BCUT2D eigenvalue weighted by Gasteiger charge is 2.31. The number of rotatable bonds is 7. The number of likely N-dealkylation sites (tertiary alicyclic amines) is 1. The second-order valence-electron chi connectivity index (χ2n) is 10.5. The number of hydrogen-bond donors (Lipinski definition) is 1. The maximum Gasteiger partial charge on any atom is 0.253 e. The maximum atomic E-state index is 13.7. The summed E-state index contributed by atoms with van der Waals surface area (Å²) in [5.41, 5.74) is 4.95. The number of carbonyl (C=O) groups is 1. The summed E-state index contributed by atoms with van der Waals surface area (Å²) in [5.74, 6) is 3.33. The van der Waals surface area contributed by atoms with Crippen LogP contribution in [0.2, 0.25) is 0 Å². The van der Waals surface area contributed by atoms with Crippen LogP contribution in [0, 0.1) is 18.8 Å². The molecule has 2 aliphatic heterocycles. The van der Waals surface area contributed by atoms with Crippen LogP contribution < -0.4 is 14.8 Å². The zero-order chi connectivity index (χ0) is 26.5. The number of carbonyl (C=O) groups excluding carboxylic acids is 1. The number of likely N-dealkylation sites (N-methyl/N-ethyl adjacent to an activating group) is 1. The van der Waals surface area contributed by atoms with E-state index in [0.29, 0.717) is 18.4 Å². The van der Waals surface area contributed by atoms with Crippen LogP contribution in [0.25, 0.3) is 5.70 Å². The minimum Gasteiger partial charge on any atom is -0.493 e. The van der Waals surface area contributed by atoms with E-state index in [0.717, 1.165) is 65.9 Å². The van der Waals surface area contributed by atoms with Gasteiger partial charge in [0, 0.05) is 26.7 Å². The minimum atomic E-state index is 0.0947. The van der Waals surface area contributed by atoms with Gasteiger partial charge in [-0.25, -0.2) is 4.99 Å². The summed E-state index contributed by atoms with van der Waals surface area (Å²) in [4.78, 5) is 22.7. The van der Waals surface area contributed by atoms with Crippen molar-refractivity contribution in [1.29, 1.82) is 0 Å². The molecule has 1 N–H and O–H groups in total. The number of aryl methyl sites for hydroxylation is 1. The molecule has 2 heterocycles. The van der Waals surface area contributed by atoms with Crippen molar-refractivity contribution in [3.8, 4) is 11.5 Å². The number of piperidine rings is 1. The minimum absolute atomic E-state index is 0.0947. The summed E-state index contributed by atoms with van der Waals surface area (Å²) < 4.78 is 10.8. The van der Waals surface area contributed by atoms with Crippen molar-refractivity contribution in [2.45, 2.75) is 33.6 Å². The molecule has 2 aliphatic rings. The normalized spacial score (nSPS) is 19.7. The van der Waals surface area contributed by atoms with Crippen molar-refractivity contribution in [3.63, 3.8) is 0 Å². The molecule has 2 unspecified atom stereocenters. The fraction of sp³-hybridized carbons (Fsp3) is 0.467. The van der Waals surface area contributed by atoms with Crippen LogP contribution in [0.5, 0.6) is 11.5 Å². The van der Waals surface area contributed by atoms with Crippen molar-refractivity contribution in [2.75, 3.05) is 47.4 Å². The van der Waals surface area contributed by atoms with Gasteiger partial charge in [0.25, 0.3) is 5.91 Å². The van der Waals surface area contributed by atoms with E-state index in [2.05, 4.69) is 61.3 Å². The van der Waals surface area contributed by atoms with Crippen LogP contribution in [-0.2, 0) is 11.2 Å². The number of aliphatic imine (C=N–C) groups is 1. The molecular formula is C30H40N4O3. The van der Waals surface area contributed by atoms with Crippen LogP contribution in [0.15, 0.2) is 53.0 Å². The highest BCUT2D eigenvalue weighted by atomic mass is 16.5. The molecule has 4 rings (SSSR count). The quantitative estimate of drug-likeness (QED) is 0.607. The van der Waals surface area contributed by atoms with E-state index in [4.69, 9.17) is 14.5 Å². The first kappa shape index (κ1) is 26.6. The van der Waals surface area contributed by atoms with Gasteiger partial charge in [-0.2, -0.15) is 0 Å². The Labute approximate surface area is 221 Å². The number of hydrogen-bond acceptors (Lipinski definition) is 6. The van der Waals surface area contributed by atoms with Crippen LogP contribution in [0.3, 0.4) is 0 Å². The number of ether oxygens (including phenoxy) is 2. The predicted molar refractivity (Wildman–Crippen MR) is 149 cm³/mol. The van der Waals surface area contributed by atoms with Gasteiger partial charge in [-0.05, 0) is 54.9 Å². The van der Waals surface area contributed by atoms with Crippen molar-refractivity contribution in [1.82, 2.24) is 15.1 Å². The fourth-order valence-corrected chi connectivity index (χ4v) is 5.28. The molecular weight excluding hydrogens is 464 g/mol. The van der Waals surface area contributed by atoms with Crippen LogP contribution >= 0.6 is 0 Å². The van der Waals surface area contributed by atoms with Crippen LogP contribution in [0.4, 0.5) is 0 Å². The van der Waals surface area contributed by atoms with E-state index in [1.165, 1.54) is 12.0 Å². The Kier molecular flexibility index (Phi) is 8.41. The number of guanidine groups is 1. The van der Waals surface area contributed by atoms with Crippen molar-refractivity contribution in [3.05, 3.63) is 64.7 Å². The molecule has 7 nitrogen and oxygen atoms in total. The Hall–Kier alpha value is -3.48. The van der Waals surface area contributed by atoms with Crippen LogP contribution in [-0.4, -0.2) is 69.1 Å². The molecule has 7 heteroatoms. The molecule has 198 valence electrons. The molecule has 1 saturated heterocycles. The molecule has 2 aromatic rings. The Morgan fingerprint density at radius 1 is 1.05 bits per heavy atom. The zero-order valence-electron chi connectivity index (χ0n) is 23.0. The SMILES string of the molecule is COc1ccc(CCN(C)C2=NCC(C(=O)N3CC(C)CC(C)C3)=C(c3ccc(C)cc3)N2)cc1OC. The van der Waals surface area contributed by atoms with Gasteiger partial charge in [0.05, 0.1) is 32.0 Å². The molecule has 0 radical (unpaired) electrons. The second kappa shape index (κ2) is 11.7. The van der Waals surface area contributed by atoms with Crippen LogP contribution in [0.1, 0.15) is 37.0 Å². The standard InChI is InChI=1S/C30H40N4O3/c1-20-7-10-24(11-8-20)28-25(29(35)34-18-21(2)15-22(3)19-34)17-31-30(32-28)33(4)14-13-23-9-12-26(36-5)27(16-23)37-6/h7-12,16,21-22H,13-15,17-19H2,1-6H3,(H,31,32). The van der Waals surface area contributed by atoms with Gasteiger partial charge in [0.1, 0.15) is 0 Å². The van der Waals surface area contributed by atoms with E-state index in [1.807, 2.05) is 24.1 Å². The summed E-state index contributed by atoms with van der Waals surface area (Å²) in [7, 11) is 5.32. The lowest BCUT2D eigenvalue weighted by molar-refractivity contribution is -0.129. The smallest absolute Gasteiger partial charge is 0.253 e. The molecule has 1 fully saturated rings. The van der Waals surface area contributed by atoms with Gasteiger partial charge in [-0.1, -0.05) is 49.7 Å². The topological polar surface area (TPSA) is 66.4 Å². The third kappa shape index (κ3) is 6.27. The van der Waals surface area contributed by atoms with Crippen molar-refractivity contribution < 1.29 is 14.3 Å². The van der Waals surface area contributed by atoms with E-state index in [1.54, 1.807) is 14.2 Å². The molecule has 0 saturated carbocycles. The number of nitrogens with zero attached hydrogens (tertiary/aromatic N) is 3. The largest absolute Gasteiger partial charge is 0.493 e. The average molecular weight is 505 g/mol. The summed E-state index contributed by atoms with van der Waals surface area (Å²) in [6.45, 7) is 9.26. The molecule has 1 amide bonds. The lowest BCUT2D eigenvalue weighted by atomic mass is 9.91. The first-order chi connectivity index (χ1) is 17.8. The van der Waals surface area contributed by atoms with Gasteiger partial charge in [-0.3, -0.25) is 4.79 Å². The lowest BCUT2D eigenvalue weighted by Gasteiger charge is -2.36. The zero-order valence-corrected chi connectivity index (χ0v) is 23.0. The average Bonchev–Trinajstić information content (AvgIpc) is 2.90. The summed E-state index contributed by atoms with van der Waals surface area (Å²) in [6.07, 6.45) is 1.98. The number of amides is 1. The Balaban J connectivity index is 1.52. The summed E-state index contributed by atoms with van der Waals surface area (Å²) in [5, 5.41) is 3.52. The molecule has 0 spiro atoms. The number of benzene rings is 2. The molecule has 0 aliphatic carbocycles. The van der Waals surface area contributed by atoms with Crippen molar-refractivity contribution >= 4 is 17.6 Å². The molecule has 0 bridgehead atoms. The fourth-order valence-electron chi connectivity index (χ4n) is 5.28. The van der Waals surface area contributed by atoms with E-state index < -0.39 is 0 Å². The number of methoxy groups -OCH3 is 2. The first-order valence-corrected chi connectivity index (χ1v) is 13.1. The number of nitrogens with one attached hydrogen (secondary N) is 1. The second-order valence-corrected chi connectivity index (χ2v) is 10.5. The maximum absolute atomic E-state index is 13.7. The lowest BCUT2D eigenvalue weighted by Crippen LogP contribution is -2.47. The van der Waals surface area contributed by atoms with E-state index in [-0.39, 0.29) is 5.91 Å². The van der Waals surface area contributed by atoms with Gasteiger partial charge >= 0.3 is 0 Å². The third-order valence-electron chi connectivity index (χ3n) is 7.23. The molecule has 37 heavy (non-hydrogen) atoms. The molecule has 0 aromatic heterocycles. The predicted octanol–water partition coefficient (Wildman–Crippen LogP) is 4.36. The van der Waals surface area contributed by atoms with Gasteiger partial charge in [0.15, 0.2) is 17.5 Å². The monoisotopic (exact) mass is 504 g/mol. The van der Waals surface area contributed by atoms with E-state index >= 15 is 0 Å². The third-order valence-corrected chi connectivity index (χ3v) is 7.23. The molecule has 2 aromatic carbocycles. The highest BCUT2D eigenvalue weighted by molar-refractivity contribution is 6.06. The summed E-state index contributed by atoms with van der Waals surface area (Å²) >= 11 is 0. The first-order valence-electron chi connectivity index (χ1n) is 13.1. The Morgan fingerprint density at radius 2 is 1.73 bits per heavy atom.